The van der Waals surface area contributed by atoms with Gasteiger partial charge in [0, 0.05) is 12.4 Å². The van der Waals surface area contributed by atoms with Crippen molar-refractivity contribution in [1.82, 2.24) is 0 Å². The van der Waals surface area contributed by atoms with Gasteiger partial charge in [0.15, 0.2) is 0 Å². The summed E-state index contributed by atoms with van der Waals surface area (Å²) in [6.45, 7) is 4.47. The van der Waals surface area contributed by atoms with Crippen LogP contribution in [0.2, 0.25) is 0 Å². The van der Waals surface area contributed by atoms with Crippen LogP contribution in [-0.4, -0.2) is 19.0 Å². The minimum atomic E-state index is 0.590. The van der Waals surface area contributed by atoms with E-state index in [1.54, 1.807) is 7.11 Å². The van der Waals surface area contributed by atoms with Crippen LogP contribution in [0.3, 0.4) is 0 Å². The SMILES string of the molecule is C=CCC(CBr)COC. The highest BCUT2D eigenvalue weighted by Crippen LogP contribution is 2.06. The first kappa shape index (κ1) is 9.18. The highest BCUT2D eigenvalue weighted by atomic mass is 79.9. The maximum absolute atomic E-state index is 4.97. The van der Waals surface area contributed by atoms with E-state index in [9.17, 15) is 0 Å². The van der Waals surface area contributed by atoms with E-state index in [-0.39, 0.29) is 0 Å². The van der Waals surface area contributed by atoms with Gasteiger partial charge in [-0.25, -0.2) is 0 Å². The molecule has 0 aliphatic carbocycles. The van der Waals surface area contributed by atoms with Crippen LogP contribution >= 0.6 is 15.9 Å². The van der Waals surface area contributed by atoms with E-state index in [1.165, 1.54) is 0 Å². The van der Waals surface area contributed by atoms with Crippen molar-refractivity contribution in [2.75, 3.05) is 19.0 Å². The minimum absolute atomic E-state index is 0.590. The summed E-state index contributed by atoms with van der Waals surface area (Å²) >= 11 is 3.39. The van der Waals surface area contributed by atoms with Gasteiger partial charge in [-0.2, -0.15) is 0 Å². The van der Waals surface area contributed by atoms with E-state index >= 15 is 0 Å². The second-order valence-electron chi connectivity index (χ2n) is 2.00. The normalized spacial score (nSPS) is 13.1. The Balaban J connectivity index is 3.28. The summed E-state index contributed by atoms with van der Waals surface area (Å²) in [5.74, 6) is 0.590. The van der Waals surface area contributed by atoms with Gasteiger partial charge in [0.1, 0.15) is 0 Å². The van der Waals surface area contributed by atoms with Gasteiger partial charge in [0.25, 0.3) is 0 Å². The molecular weight excluding hydrogens is 180 g/mol. The van der Waals surface area contributed by atoms with Crippen molar-refractivity contribution in [3.8, 4) is 0 Å². The van der Waals surface area contributed by atoms with Crippen LogP contribution in [0.25, 0.3) is 0 Å². The Labute approximate surface area is 65.2 Å². The molecule has 9 heavy (non-hydrogen) atoms. The Bertz CT molecular complexity index is 73.3. The van der Waals surface area contributed by atoms with Gasteiger partial charge in [-0.1, -0.05) is 22.0 Å². The third-order valence-corrected chi connectivity index (χ3v) is 2.04. The van der Waals surface area contributed by atoms with Crippen molar-refractivity contribution in [2.24, 2.45) is 5.92 Å². The summed E-state index contributed by atoms with van der Waals surface area (Å²) in [5, 5.41) is 0.993. The maximum atomic E-state index is 4.97. The zero-order chi connectivity index (χ0) is 7.11. The molecule has 0 radical (unpaired) electrons. The number of methoxy groups -OCH3 is 1. The lowest BCUT2D eigenvalue weighted by atomic mass is 10.1. The van der Waals surface area contributed by atoms with Crippen LogP contribution < -0.4 is 0 Å². The average Bonchev–Trinajstić information content (AvgIpc) is 1.88. The second-order valence-corrected chi connectivity index (χ2v) is 2.65. The summed E-state index contributed by atoms with van der Waals surface area (Å²) in [6.07, 6.45) is 2.95. The Morgan fingerprint density at radius 1 is 1.78 bits per heavy atom. The summed E-state index contributed by atoms with van der Waals surface area (Å²) in [7, 11) is 1.72. The number of hydrogen-bond acceptors (Lipinski definition) is 1. The molecule has 0 fully saturated rings. The Hall–Kier alpha value is 0.180. The number of ether oxygens (including phenoxy) is 1. The van der Waals surface area contributed by atoms with Crippen LogP contribution in [0.4, 0.5) is 0 Å². The van der Waals surface area contributed by atoms with Crippen LogP contribution in [-0.2, 0) is 4.74 Å². The molecule has 0 heterocycles. The van der Waals surface area contributed by atoms with E-state index in [0.29, 0.717) is 5.92 Å². The van der Waals surface area contributed by atoms with Crippen LogP contribution in [0.15, 0.2) is 12.7 Å². The molecule has 0 aliphatic rings. The van der Waals surface area contributed by atoms with Gasteiger partial charge in [-0.3, -0.25) is 0 Å². The Kier molecular flexibility index (Phi) is 6.43. The molecule has 0 rings (SSSR count). The fourth-order valence-electron chi connectivity index (χ4n) is 0.647. The molecule has 0 saturated heterocycles. The molecule has 0 N–H and O–H groups in total. The number of hydrogen-bond donors (Lipinski definition) is 0. The number of halogens is 1. The van der Waals surface area contributed by atoms with Gasteiger partial charge in [-0.05, 0) is 12.3 Å². The highest BCUT2D eigenvalue weighted by Gasteiger charge is 2.02. The first-order valence-electron chi connectivity index (χ1n) is 3.01. The largest absolute Gasteiger partial charge is 0.384 e. The van der Waals surface area contributed by atoms with Gasteiger partial charge < -0.3 is 4.74 Å². The van der Waals surface area contributed by atoms with Crippen molar-refractivity contribution >= 4 is 15.9 Å². The molecule has 1 nitrogen and oxygen atoms in total. The van der Waals surface area contributed by atoms with Gasteiger partial charge in [0.2, 0.25) is 0 Å². The van der Waals surface area contributed by atoms with Gasteiger partial charge in [-0.15, -0.1) is 6.58 Å². The summed E-state index contributed by atoms with van der Waals surface area (Å²) in [4.78, 5) is 0. The molecule has 0 aromatic rings. The molecule has 0 bridgehead atoms. The van der Waals surface area contributed by atoms with Crippen molar-refractivity contribution < 1.29 is 4.74 Å². The lowest BCUT2D eigenvalue weighted by Gasteiger charge is -2.08. The molecular formula is C7H13BrO. The fraction of sp³-hybridized carbons (Fsp3) is 0.714. The third kappa shape index (κ3) is 4.67. The van der Waals surface area contributed by atoms with Crippen LogP contribution in [0.1, 0.15) is 6.42 Å². The molecule has 2 heteroatoms. The molecule has 0 amide bonds. The predicted molar refractivity (Wildman–Crippen MR) is 44.0 cm³/mol. The number of allylic oxidation sites excluding steroid dienone is 1. The molecule has 0 aromatic carbocycles. The Morgan fingerprint density at radius 2 is 2.44 bits per heavy atom. The maximum Gasteiger partial charge on any atom is 0.0501 e. The van der Waals surface area contributed by atoms with Crippen LogP contribution in [0.5, 0.6) is 0 Å². The lowest BCUT2D eigenvalue weighted by Crippen LogP contribution is -2.07. The van der Waals surface area contributed by atoms with Crippen LogP contribution in [0, 0.1) is 5.92 Å². The van der Waals surface area contributed by atoms with E-state index in [2.05, 4.69) is 22.5 Å². The molecule has 1 atom stereocenters. The molecule has 0 saturated carbocycles. The Morgan fingerprint density at radius 3 is 2.78 bits per heavy atom. The van der Waals surface area contributed by atoms with Crippen molar-refractivity contribution in [3.63, 3.8) is 0 Å². The summed E-state index contributed by atoms with van der Waals surface area (Å²) in [6, 6.07) is 0. The zero-order valence-electron chi connectivity index (χ0n) is 5.77. The van der Waals surface area contributed by atoms with E-state index in [1.807, 2.05) is 6.08 Å². The zero-order valence-corrected chi connectivity index (χ0v) is 7.36. The molecule has 0 spiro atoms. The fourth-order valence-corrected chi connectivity index (χ4v) is 1.10. The predicted octanol–water partition coefficient (Wildman–Crippen LogP) is 2.22. The van der Waals surface area contributed by atoms with Crippen molar-refractivity contribution in [3.05, 3.63) is 12.7 Å². The quantitative estimate of drug-likeness (QED) is 0.480. The standard InChI is InChI=1S/C7H13BrO/c1-3-4-7(5-8)6-9-2/h3,7H,1,4-6H2,2H3. The van der Waals surface area contributed by atoms with Gasteiger partial charge in [0.05, 0.1) is 6.61 Å². The smallest absolute Gasteiger partial charge is 0.0501 e. The average molecular weight is 193 g/mol. The number of rotatable bonds is 5. The first-order valence-corrected chi connectivity index (χ1v) is 4.13. The topological polar surface area (TPSA) is 9.23 Å². The van der Waals surface area contributed by atoms with Gasteiger partial charge >= 0.3 is 0 Å². The second kappa shape index (κ2) is 6.30. The van der Waals surface area contributed by atoms with E-state index in [4.69, 9.17) is 4.74 Å². The minimum Gasteiger partial charge on any atom is -0.384 e. The van der Waals surface area contributed by atoms with Crippen molar-refractivity contribution in [1.29, 1.82) is 0 Å². The molecule has 0 aliphatic heterocycles. The first-order chi connectivity index (χ1) is 4.35. The monoisotopic (exact) mass is 192 g/mol. The molecule has 1 unspecified atom stereocenters. The lowest BCUT2D eigenvalue weighted by molar-refractivity contribution is 0.163. The number of alkyl halides is 1. The summed E-state index contributed by atoms with van der Waals surface area (Å²) < 4.78 is 4.97. The summed E-state index contributed by atoms with van der Waals surface area (Å²) in [5.41, 5.74) is 0. The van der Waals surface area contributed by atoms with E-state index in [0.717, 1.165) is 18.4 Å². The molecule has 0 aromatic heterocycles. The molecule has 54 valence electrons. The van der Waals surface area contributed by atoms with Crippen molar-refractivity contribution in [2.45, 2.75) is 6.42 Å². The van der Waals surface area contributed by atoms with E-state index < -0.39 is 0 Å². The highest BCUT2D eigenvalue weighted by molar-refractivity contribution is 9.09. The third-order valence-electron chi connectivity index (χ3n) is 1.12.